The van der Waals surface area contributed by atoms with Crippen LogP contribution in [0.2, 0.25) is 10.0 Å². The molecule has 29 heavy (non-hydrogen) atoms. The zero-order valence-electron chi connectivity index (χ0n) is 16.2. The molecular formula is C21H23Cl2N5O. The maximum absolute atomic E-state index is 6.41. The molecule has 0 atom stereocenters. The summed E-state index contributed by atoms with van der Waals surface area (Å²) in [4.78, 5) is 2.38. The molecule has 2 heterocycles. The molecule has 4 rings (SSSR count). The fourth-order valence-electron chi connectivity index (χ4n) is 3.63. The van der Waals surface area contributed by atoms with E-state index in [1.54, 1.807) is 6.07 Å². The fraction of sp³-hybridized carbons (Fsp3) is 0.333. The van der Waals surface area contributed by atoms with Crippen LogP contribution in [0.25, 0.3) is 6.08 Å². The second-order valence-electron chi connectivity index (χ2n) is 7.11. The summed E-state index contributed by atoms with van der Waals surface area (Å²) in [5.41, 5.74) is 8.63. The van der Waals surface area contributed by atoms with Crippen LogP contribution in [-0.2, 0) is 4.74 Å². The van der Waals surface area contributed by atoms with Gasteiger partial charge < -0.3 is 9.64 Å². The third kappa shape index (κ3) is 4.83. The summed E-state index contributed by atoms with van der Waals surface area (Å²) in [5, 5.41) is 12.8. The summed E-state index contributed by atoms with van der Waals surface area (Å²) in [6.07, 6.45) is 5.93. The lowest BCUT2D eigenvalue weighted by molar-refractivity contribution is 0.0548. The second-order valence-corrected chi connectivity index (χ2v) is 7.96. The van der Waals surface area contributed by atoms with Crippen LogP contribution in [0.3, 0.4) is 0 Å². The summed E-state index contributed by atoms with van der Waals surface area (Å²) in [6, 6.07) is 7.52. The number of nitrogens with one attached hydrogen (secondary N) is 2. The van der Waals surface area contributed by atoms with Crippen LogP contribution >= 0.6 is 23.2 Å². The van der Waals surface area contributed by atoms with Crippen molar-refractivity contribution in [1.29, 1.82) is 0 Å². The first-order chi connectivity index (χ1) is 14.1. The molecule has 1 saturated heterocycles. The van der Waals surface area contributed by atoms with E-state index in [2.05, 4.69) is 31.7 Å². The van der Waals surface area contributed by atoms with E-state index < -0.39 is 0 Å². The number of hydrogen-bond donors (Lipinski definition) is 2. The number of halogens is 2. The Morgan fingerprint density at radius 1 is 1.21 bits per heavy atom. The molecule has 0 radical (unpaired) electrons. The summed E-state index contributed by atoms with van der Waals surface area (Å²) in [7, 11) is 0. The maximum atomic E-state index is 6.41. The minimum atomic E-state index is 0.639. The average molecular weight is 432 g/mol. The second kappa shape index (κ2) is 9.03. The van der Waals surface area contributed by atoms with Crippen molar-refractivity contribution in [1.82, 2.24) is 15.1 Å². The van der Waals surface area contributed by atoms with Crippen molar-refractivity contribution in [2.75, 3.05) is 31.7 Å². The quantitative estimate of drug-likeness (QED) is 0.522. The highest BCUT2D eigenvalue weighted by atomic mass is 35.5. The van der Waals surface area contributed by atoms with Crippen LogP contribution in [0, 0.1) is 6.92 Å². The van der Waals surface area contributed by atoms with E-state index in [4.69, 9.17) is 27.9 Å². The fourth-order valence-corrected chi connectivity index (χ4v) is 4.09. The lowest BCUT2D eigenvalue weighted by atomic mass is 10.1. The van der Waals surface area contributed by atoms with Gasteiger partial charge in [-0.2, -0.15) is 10.2 Å². The highest BCUT2D eigenvalue weighted by Gasteiger charge is 2.25. The van der Waals surface area contributed by atoms with Gasteiger partial charge in [0.15, 0.2) is 5.82 Å². The predicted molar refractivity (Wildman–Crippen MR) is 119 cm³/mol. The van der Waals surface area contributed by atoms with Crippen molar-refractivity contribution in [3.8, 4) is 0 Å². The van der Waals surface area contributed by atoms with Gasteiger partial charge in [0.05, 0.1) is 19.4 Å². The van der Waals surface area contributed by atoms with Gasteiger partial charge in [0.1, 0.15) is 0 Å². The number of H-pyrrole nitrogens is 1. The van der Waals surface area contributed by atoms with Crippen LogP contribution in [-0.4, -0.2) is 47.6 Å². The third-order valence-electron chi connectivity index (χ3n) is 5.00. The Bertz CT molecular complexity index is 973. The minimum Gasteiger partial charge on any atom is -0.378 e. The molecule has 2 aromatic rings. The molecule has 0 bridgehead atoms. The number of anilines is 1. The number of aryl methyl sites for hydroxylation is 1. The Hall–Kier alpha value is -2.28. The zero-order chi connectivity index (χ0) is 20.2. The van der Waals surface area contributed by atoms with E-state index in [1.807, 2.05) is 31.3 Å². The molecule has 6 nitrogen and oxygen atoms in total. The largest absolute Gasteiger partial charge is 0.378 e. The summed E-state index contributed by atoms with van der Waals surface area (Å²) < 4.78 is 5.54. The smallest absolute Gasteiger partial charge is 0.168 e. The number of hydrogen-bond acceptors (Lipinski definition) is 5. The highest BCUT2D eigenvalue weighted by Crippen LogP contribution is 2.36. The molecule has 1 fully saturated rings. The van der Waals surface area contributed by atoms with Gasteiger partial charge in [0.2, 0.25) is 0 Å². The number of hydrazone groups is 1. The van der Waals surface area contributed by atoms with Crippen molar-refractivity contribution in [2.24, 2.45) is 5.10 Å². The minimum absolute atomic E-state index is 0.639. The van der Waals surface area contributed by atoms with E-state index in [1.165, 1.54) is 16.8 Å². The van der Waals surface area contributed by atoms with E-state index >= 15 is 0 Å². The number of aromatic amines is 1. The lowest BCUT2D eigenvalue weighted by Crippen LogP contribution is -2.36. The first-order valence-corrected chi connectivity index (χ1v) is 10.4. The van der Waals surface area contributed by atoms with Crippen molar-refractivity contribution in [3.63, 3.8) is 0 Å². The van der Waals surface area contributed by atoms with Crippen LogP contribution in [0.1, 0.15) is 24.1 Å². The number of rotatable bonds is 5. The molecule has 0 amide bonds. The number of allylic oxidation sites excluding steroid dienone is 2. The van der Waals surface area contributed by atoms with E-state index in [9.17, 15) is 0 Å². The van der Waals surface area contributed by atoms with E-state index in [-0.39, 0.29) is 0 Å². The molecule has 152 valence electrons. The molecule has 2 N–H and O–H groups in total. The molecule has 1 aliphatic heterocycles. The molecule has 0 spiro atoms. The van der Waals surface area contributed by atoms with Crippen LogP contribution in [0.5, 0.6) is 0 Å². The zero-order valence-corrected chi connectivity index (χ0v) is 17.7. The first kappa shape index (κ1) is 20.0. The summed E-state index contributed by atoms with van der Waals surface area (Å²) in [5.74, 6) is 0.703. The Labute approximate surface area is 180 Å². The van der Waals surface area contributed by atoms with Gasteiger partial charge in [0.25, 0.3) is 0 Å². The molecule has 1 aromatic heterocycles. The number of aromatic nitrogens is 2. The van der Waals surface area contributed by atoms with E-state index in [0.29, 0.717) is 15.9 Å². The summed E-state index contributed by atoms with van der Waals surface area (Å²) >= 11 is 12.5. The van der Waals surface area contributed by atoms with Gasteiger partial charge in [0, 0.05) is 40.6 Å². The molecular weight excluding hydrogens is 409 g/mol. The molecule has 0 saturated carbocycles. The van der Waals surface area contributed by atoms with Gasteiger partial charge in [-0.25, -0.2) is 0 Å². The Morgan fingerprint density at radius 3 is 2.76 bits per heavy atom. The normalized spacial score (nSPS) is 19.0. The Kier molecular flexibility index (Phi) is 6.23. The van der Waals surface area contributed by atoms with Gasteiger partial charge in [-0.1, -0.05) is 29.3 Å². The topological polar surface area (TPSA) is 65.5 Å². The predicted octanol–water partition coefficient (Wildman–Crippen LogP) is 4.89. The molecule has 1 aromatic carbocycles. The van der Waals surface area contributed by atoms with Crippen molar-refractivity contribution in [3.05, 3.63) is 62.4 Å². The SMILES string of the molecule is Cc1cc(N/N=C/C2=C(N3CCOCC3)C(=C\c3ccc(Cl)cc3Cl)/CC2)n[nH]1. The number of benzene rings is 1. The van der Waals surface area contributed by atoms with Gasteiger partial charge in [-0.3, -0.25) is 10.5 Å². The molecule has 1 aliphatic carbocycles. The maximum Gasteiger partial charge on any atom is 0.168 e. The van der Waals surface area contributed by atoms with Crippen LogP contribution in [0.15, 0.2) is 46.2 Å². The molecule has 8 heteroatoms. The van der Waals surface area contributed by atoms with Crippen molar-refractivity contribution >= 4 is 41.3 Å². The first-order valence-electron chi connectivity index (χ1n) is 9.63. The number of ether oxygens (including phenoxy) is 1. The van der Waals surface area contributed by atoms with Gasteiger partial charge >= 0.3 is 0 Å². The molecule has 0 unspecified atom stereocenters. The van der Waals surface area contributed by atoms with Gasteiger partial charge in [-0.05, 0) is 54.7 Å². The Morgan fingerprint density at radius 2 is 2.03 bits per heavy atom. The Balaban J connectivity index is 1.63. The molecule has 2 aliphatic rings. The summed E-state index contributed by atoms with van der Waals surface area (Å²) in [6.45, 7) is 5.15. The standard InChI is InChI=1S/C21H23Cl2N5O/c1-14-10-20(27-25-14)26-24-13-17-3-2-16(21(17)28-6-8-29-9-7-28)11-15-4-5-18(22)12-19(15)23/h4-5,10-13H,2-3,6-9H2,1H3,(H2,25,26,27)/b16-11-,24-13+. The lowest BCUT2D eigenvalue weighted by Gasteiger charge is -2.31. The number of morpholine rings is 1. The average Bonchev–Trinajstić information content (AvgIpc) is 3.31. The van der Waals surface area contributed by atoms with E-state index in [0.717, 1.165) is 50.4 Å². The van der Waals surface area contributed by atoms with Crippen molar-refractivity contribution in [2.45, 2.75) is 19.8 Å². The highest BCUT2D eigenvalue weighted by molar-refractivity contribution is 6.35. The van der Waals surface area contributed by atoms with Gasteiger partial charge in [-0.15, -0.1) is 0 Å². The number of nitrogens with zero attached hydrogens (tertiary/aromatic N) is 3. The van der Waals surface area contributed by atoms with Crippen LogP contribution in [0.4, 0.5) is 5.82 Å². The van der Waals surface area contributed by atoms with Crippen molar-refractivity contribution < 1.29 is 4.74 Å². The monoisotopic (exact) mass is 431 g/mol. The van der Waals surface area contributed by atoms with Crippen LogP contribution < -0.4 is 5.43 Å². The third-order valence-corrected chi connectivity index (χ3v) is 5.56.